The Bertz CT molecular complexity index is 825. The summed E-state index contributed by atoms with van der Waals surface area (Å²) in [5.41, 5.74) is 0.861. The van der Waals surface area contributed by atoms with E-state index in [1.807, 2.05) is 6.07 Å². The SMILES string of the molecule is O=C(NCc1ccc(S(=O)(=O)N2CCCC2)cc1)c1ccc(Br)s1. The van der Waals surface area contributed by atoms with E-state index < -0.39 is 10.0 Å². The molecule has 1 fully saturated rings. The van der Waals surface area contributed by atoms with Crippen LogP contribution < -0.4 is 5.32 Å². The first-order chi connectivity index (χ1) is 11.5. The monoisotopic (exact) mass is 428 g/mol. The van der Waals surface area contributed by atoms with Gasteiger partial charge in [-0.15, -0.1) is 11.3 Å². The number of thiophene rings is 1. The molecule has 0 unspecified atom stereocenters. The molecule has 1 aromatic carbocycles. The van der Waals surface area contributed by atoms with Gasteiger partial charge in [-0.3, -0.25) is 4.79 Å². The Morgan fingerprint density at radius 1 is 1.12 bits per heavy atom. The van der Waals surface area contributed by atoms with Crippen LogP contribution >= 0.6 is 27.3 Å². The lowest BCUT2D eigenvalue weighted by molar-refractivity contribution is 0.0955. The van der Waals surface area contributed by atoms with E-state index in [-0.39, 0.29) is 5.91 Å². The van der Waals surface area contributed by atoms with E-state index in [4.69, 9.17) is 0 Å². The number of sulfonamides is 1. The first-order valence-electron chi connectivity index (χ1n) is 7.59. The number of hydrogen-bond donors (Lipinski definition) is 1. The molecule has 5 nitrogen and oxygen atoms in total. The minimum atomic E-state index is -3.38. The molecule has 1 aromatic heterocycles. The summed E-state index contributed by atoms with van der Waals surface area (Å²) in [6.07, 6.45) is 1.84. The highest BCUT2D eigenvalue weighted by molar-refractivity contribution is 9.11. The second-order valence-corrected chi connectivity index (χ2v) is 9.94. The Morgan fingerprint density at radius 2 is 1.79 bits per heavy atom. The average molecular weight is 429 g/mol. The minimum Gasteiger partial charge on any atom is -0.347 e. The molecule has 3 rings (SSSR count). The topological polar surface area (TPSA) is 66.5 Å². The van der Waals surface area contributed by atoms with Crippen molar-refractivity contribution < 1.29 is 13.2 Å². The Labute approximate surface area is 153 Å². The largest absolute Gasteiger partial charge is 0.347 e. The summed E-state index contributed by atoms with van der Waals surface area (Å²) in [5.74, 6) is -0.139. The van der Waals surface area contributed by atoms with Crippen molar-refractivity contribution in [2.45, 2.75) is 24.3 Å². The van der Waals surface area contributed by atoms with Crippen molar-refractivity contribution in [3.63, 3.8) is 0 Å². The Hall–Kier alpha value is -1.22. The van der Waals surface area contributed by atoms with Crippen molar-refractivity contribution in [1.29, 1.82) is 0 Å². The Balaban J connectivity index is 1.63. The van der Waals surface area contributed by atoms with E-state index in [0.717, 1.165) is 22.2 Å². The minimum absolute atomic E-state index is 0.139. The number of amides is 1. The van der Waals surface area contributed by atoms with Crippen LogP contribution in [0.3, 0.4) is 0 Å². The van der Waals surface area contributed by atoms with Crippen LogP contribution in [0.25, 0.3) is 0 Å². The van der Waals surface area contributed by atoms with Crippen molar-refractivity contribution in [1.82, 2.24) is 9.62 Å². The highest BCUT2D eigenvalue weighted by atomic mass is 79.9. The quantitative estimate of drug-likeness (QED) is 0.794. The average Bonchev–Trinajstić information content (AvgIpc) is 3.25. The van der Waals surface area contributed by atoms with Gasteiger partial charge in [-0.2, -0.15) is 4.31 Å². The van der Waals surface area contributed by atoms with Crippen molar-refractivity contribution >= 4 is 43.2 Å². The van der Waals surface area contributed by atoms with Gasteiger partial charge in [0.05, 0.1) is 13.6 Å². The predicted molar refractivity (Wildman–Crippen MR) is 97.6 cm³/mol. The van der Waals surface area contributed by atoms with Gasteiger partial charge in [0.25, 0.3) is 5.91 Å². The number of carbonyl (C=O) groups excluding carboxylic acids is 1. The van der Waals surface area contributed by atoms with Crippen LogP contribution in [0.15, 0.2) is 45.1 Å². The van der Waals surface area contributed by atoms with Gasteiger partial charge in [0, 0.05) is 19.6 Å². The second kappa shape index (κ2) is 7.35. The van der Waals surface area contributed by atoms with Crippen LogP contribution in [0.2, 0.25) is 0 Å². The molecule has 0 spiro atoms. The normalized spacial score (nSPS) is 15.5. The summed E-state index contributed by atoms with van der Waals surface area (Å²) >= 11 is 4.70. The molecule has 0 aliphatic carbocycles. The molecule has 1 saturated heterocycles. The fourth-order valence-electron chi connectivity index (χ4n) is 2.56. The van der Waals surface area contributed by atoms with E-state index in [0.29, 0.717) is 29.4 Å². The Kier molecular flexibility index (Phi) is 5.39. The molecule has 0 bridgehead atoms. The molecule has 1 N–H and O–H groups in total. The summed E-state index contributed by atoms with van der Waals surface area (Å²) in [7, 11) is -3.38. The zero-order chi connectivity index (χ0) is 17.2. The van der Waals surface area contributed by atoms with E-state index in [1.165, 1.54) is 15.6 Å². The number of carbonyl (C=O) groups is 1. The Morgan fingerprint density at radius 3 is 2.38 bits per heavy atom. The lowest BCUT2D eigenvalue weighted by Gasteiger charge is -2.15. The molecule has 1 amide bonds. The zero-order valence-electron chi connectivity index (χ0n) is 12.9. The highest BCUT2D eigenvalue weighted by Crippen LogP contribution is 2.23. The lowest BCUT2D eigenvalue weighted by Crippen LogP contribution is -2.27. The first-order valence-corrected chi connectivity index (χ1v) is 10.6. The van der Waals surface area contributed by atoms with Crippen LogP contribution in [0.1, 0.15) is 28.1 Å². The van der Waals surface area contributed by atoms with Crippen molar-refractivity contribution in [3.8, 4) is 0 Å². The third kappa shape index (κ3) is 3.88. The summed E-state index contributed by atoms with van der Waals surface area (Å²) < 4.78 is 27.3. The standard InChI is InChI=1S/C16H17BrN2O3S2/c17-15-8-7-14(23-15)16(20)18-11-12-3-5-13(6-4-12)24(21,22)19-9-1-2-10-19/h3-8H,1-2,9-11H2,(H,18,20). The van der Waals surface area contributed by atoms with Crippen molar-refractivity contribution in [3.05, 3.63) is 50.6 Å². The summed E-state index contributed by atoms with van der Waals surface area (Å²) in [5, 5.41) is 2.83. The number of rotatable bonds is 5. The summed E-state index contributed by atoms with van der Waals surface area (Å²) in [6.45, 7) is 1.55. The summed E-state index contributed by atoms with van der Waals surface area (Å²) in [6, 6.07) is 10.3. The maximum atomic E-state index is 12.5. The predicted octanol–water partition coefficient (Wildman–Crippen LogP) is 3.23. The molecule has 2 aromatic rings. The van der Waals surface area contributed by atoms with Gasteiger partial charge in [0.1, 0.15) is 0 Å². The van der Waals surface area contributed by atoms with Gasteiger partial charge in [-0.25, -0.2) is 8.42 Å². The molecule has 2 heterocycles. The van der Waals surface area contributed by atoms with Gasteiger partial charge in [0.2, 0.25) is 10.0 Å². The number of benzene rings is 1. The van der Waals surface area contributed by atoms with Crippen molar-refractivity contribution in [2.24, 2.45) is 0 Å². The molecule has 0 radical (unpaired) electrons. The zero-order valence-corrected chi connectivity index (χ0v) is 16.1. The van der Waals surface area contributed by atoms with Crippen LogP contribution in [-0.4, -0.2) is 31.7 Å². The van der Waals surface area contributed by atoms with Crippen LogP contribution in [-0.2, 0) is 16.6 Å². The van der Waals surface area contributed by atoms with Gasteiger partial charge < -0.3 is 5.32 Å². The van der Waals surface area contributed by atoms with E-state index in [2.05, 4.69) is 21.2 Å². The van der Waals surface area contributed by atoms with Crippen LogP contribution in [0, 0.1) is 0 Å². The van der Waals surface area contributed by atoms with Gasteiger partial charge >= 0.3 is 0 Å². The molecule has 0 atom stereocenters. The molecule has 8 heteroatoms. The fraction of sp³-hybridized carbons (Fsp3) is 0.312. The second-order valence-electron chi connectivity index (χ2n) is 5.54. The number of nitrogens with one attached hydrogen (secondary N) is 1. The highest BCUT2D eigenvalue weighted by Gasteiger charge is 2.26. The van der Waals surface area contributed by atoms with Gasteiger partial charge in [0.15, 0.2) is 0 Å². The van der Waals surface area contributed by atoms with Gasteiger partial charge in [-0.1, -0.05) is 12.1 Å². The smallest absolute Gasteiger partial charge is 0.261 e. The third-order valence-electron chi connectivity index (χ3n) is 3.88. The molecule has 128 valence electrons. The molecule has 1 aliphatic rings. The van der Waals surface area contributed by atoms with Gasteiger partial charge in [-0.05, 0) is 58.6 Å². The maximum absolute atomic E-state index is 12.5. The van der Waals surface area contributed by atoms with E-state index in [9.17, 15) is 13.2 Å². The molecular formula is C16H17BrN2O3S2. The molecule has 24 heavy (non-hydrogen) atoms. The number of nitrogens with zero attached hydrogens (tertiary/aromatic N) is 1. The number of halogens is 1. The molecular weight excluding hydrogens is 412 g/mol. The maximum Gasteiger partial charge on any atom is 0.261 e. The van der Waals surface area contributed by atoms with E-state index in [1.54, 1.807) is 30.3 Å². The van der Waals surface area contributed by atoms with Crippen LogP contribution in [0.5, 0.6) is 0 Å². The third-order valence-corrected chi connectivity index (χ3v) is 7.41. The summed E-state index contributed by atoms with van der Waals surface area (Å²) in [4.78, 5) is 12.9. The fourth-order valence-corrected chi connectivity index (χ4v) is 5.38. The molecule has 0 saturated carbocycles. The van der Waals surface area contributed by atoms with E-state index >= 15 is 0 Å². The first kappa shape index (κ1) is 17.6. The molecule has 1 aliphatic heterocycles. The van der Waals surface area contributed by atoms with Crippen LogP contribution in [0.4, 0.5) is 0 Å². The lowest BCUT2D eigenvalue weighted by atomic mass is 10.2. The van der Waals surface area contributed by atoms with Crippen molar-refractivity contribution in [2.75, 3.05) is 13.1 Å². The number of hydrogen-bond acceptors (Lipinski definition) is 4.